The van der Waals surface area contributed by atoms with Crippen molar-refractivity contribution in [3.8, 4) is 0 Å². The van der Waals surface area contributed by atoms with Crippen molar-refractivity contribution in [1.29, 1.82) is 0 Å². The summed E-state index contributed by atoms with van der Waals surface area (Å²) in [6.45, 7) is 10.6. The minimum absolute atomic E-state index is 0.0707. The van der Waals surface area contributed by atoms with E-state index in [-0.39, 0.29) is 17.3 Å². The Morgan fingerprint density at radius 1 is 1.23 bits per heavy atom. The third-order valence-corrected chi connectivity index (χ3v) is 7.65. The van der Waals surface area contributed by atoms with E-state index in [9.17, 15) is 9.18 Å². The number of carbonyl (C=O) groups is 1. The number of carbonyl (C=O) groups excluding carboxylic acids is 1. The summed E-state index contributed by atoms with van der Waals surface area (Å²) in [7, 11) is 0. The topological polar surface area (TPSA) is 45.7 Å². The van der Waals surface area contributed by atoms with Crippen LogP contribution in [0.2, 0.25) is 0 Å². The molecule has 1 aromatic carbocycles. The number of hydrogen-bond acceptors (Lipinski definition) is 5. The lowest BCUT2D eigenvalue weighted by atomic mass is 9.89. The van der Waals surface area contributed by atoms with Crippen molar-refractivity contribution in [2.45, 2.75) is 58.1 Å². The summed E-state index contributed by atoms with van der Waals surface area (Å²) in [5, 5.41) is 1.00. The summed E-state index contributed by atoms with van der Waals surface area (Å²) in [6.07, 6.45) is 4.32. The minimum Gasteiger partial charge on any atom is -0.371 e. The molecule has 0 unspecified atom stereocenters. The van der Waals surface area contributed by atoms with Crippen molar-refractivity contribution < 1.29 is 13.9 Å². The number of nitrogens with zero attached hydrogens (tertiary/aromatic N) is 3. The molecular weight excluding hydrogens is 413 g/mol. The highest BCUT2D eigenvalue weighted by atomic mass is 32.1. The Balaban J connectivity index is 1.36. The van der Waals surface area contributed by atoms with Gasteiger partial charge in [0.2, 0.25) is 0 Å². The fraction of sp³-hybridized carbons (Fsp3) is 0.583. The zero-order valence-corrected chi connectivity index (χ0v) is 19.5. The van der Waals surface area contributed by atoms with Gasteiger partial charge in [0, 0.05) is 32.1 Å². The summed E-state index contributed by atoms with van der Waals surface area (Å²) >= 11 is 1.50. The van der Waals surface area contributed by atoms with E-state index in [2.05, 4.69) is 29.8 Å². The number of ether oxygens (including phenoxy) is 1. The Morgan fingerprint density at radius 2 is 1.97 bits per heavy atom. The van der Waals surface area contributed by atoms with Crippen molar-refractivity contribution in [3.63, 3.8) is 0 Å². The average Bonchev–Trinajstić information content (AvgIpc) is 3.25. The largest absolute Gasteiger partial charge is 0.371 e. The molecule has 1 aromatic heterocycles. The van der Waals surface area contributed by atoms with Crippen molar-refractivity contribution in [2.24, 2.45) is 0 Å². The number of thiazole rings is 1. The number of aromatic nitrogens is 1. The van der Waals surface area contributed by atoms with Crippen LogP contribution >= 0.6 is 11.3 Å². The first-order valence-corrected chi connectivity index (χ1v) is 12.1. The van der Waals surface area contributed by atoms with Gasteiger partial charge in [0.25, 0.3) is 5.91 Å². The number of amides is 1. The van der Waals surface area contributed by atoms with Crippen LogP contribution in [0.4, 0.5) is 4.39 Å². The van der Waals surface area contributed by atoms with Crippen LogP contribution in [-0.4, -0.2) is 59.1 Å². The Labute approximate surface area is 188 Å². The monoisotopic (exact) mass is 445 g/mol. The van der Waals surface area contributed by atoms with Gasteiger partial charge in [-0.15, -0.1) is 11.3 Å². The van der Waals surface area contributed by atoms with E-state index in [1.807, 2.05) is 11.8 Å². The summed E-state index contributed by atoms with van der Waals surface area (Å²) in [6, 6.07) is 5.36. The Hall–Kier alpha value is -1.83. The van der Waals surface area contributed by atoms with Gasteiger partial charge in [0.05, 0.1) is 30.0 Å². The lowest BCUT2D eigenvalue weighted by molar-refractivity contribution is -0.127. The van der Waals surface area contributed by atoms with Gasteiger partial charge in [-0.3, -0.25) is 9.69 Å². The Bertz CT molecular complexity index is 921. The first-order valence-electron chi connectivity index (χ1n) is 11.3. The first kappa shape index (κ1) is 22.4. The van der Waals surface area contributed by atoms with Crippen molar-refractivity contribution in [3.05, 3.63) is 51.2 Å². The molecule has 7 heteroatoms. The van der Waals surface area contributed by atoms with Gasteiger partial charge in [0.15, 0.2) is 0 Å². The van der Waals surface area contributed by atoms with Crippen LogP contribution in [0.5, 0.6) is 0 Å². The van der Waals surface area contributed by atoms with Crippen LogP contribution in [0, 0.1) is 5.82 Å². The maximum atomic E-state index is 13.9. The molecule has 0 radical (unpaired) electrons. The molecule has 1 amide bonds. The molecule has 2 aromatic rings. The van der Waals surface area contributed by atoms with E-state index >= 15 is 0 Å². The molecule has 0 aliphatic carbocycles. The summed E-state index contributed by atoms with van der Waals surface area (Å²) in [5.41, 5.74) is 1.80. The highest BCUT2D eigenvalue weighted by Crippen LogP contribution is 2.32. The normalized spacial score (nSPS) is 19.3. The van der Waals surface area contributed by atoms with Crippen LogP contribution in [0.15, 0.2) is 24.4 Å². The SMILES string of the molecule is CCc1cc(F)cc(CN2CCC3(CC2)CN(C(=O)c2cnc(C(C)C)s2)CCO3)c1. The molecule has 1 spiro atoms. The standard InChI is InChI=1S/C24H32FN3O2S/c1-4-18-11-19(13-20(25)12-18)15-27-7-5-24(6-8-27)16-28(9-10-30-24)23(29)21-14-26-22(31-21)17(2)3/h11-14,17H,4-10,15-16H2,1-3H3. The van der Waals surface area contributed by atoms with Crippen LogP contribution in [0.3, 0.4) is 0 Å². The summed E-state index contributed by atoms with van der Waals surface area (Å²) in [5.74, 6) is 0.246. The smallest absolute Gasteiger partial charge is 0.265 e. The van der Waals surface area contributed by atoms with Crippen molar-refractivity contribution in [2.75, 3.05) is 32.8 Å². The number of piperidine rings is 1. The second-order valence-corrected chi connectivity index (χ2v) is 10.1. The lowest BCUT2D eigenvalue weighted by Crippen LogP contribution is -2.57. The number of hydrogen-bond donors (Lipinski definition) is 0. The molecule has 2 fully saturated rings. The molecule has 4 rings (SSSR count). The van der Waals surface area contributed by atoms with Crippen LogP contribution in [0.25, 0.3) is 0 Å². The van der Waals surface area contributed by atoms with Gasteiger partial charge >= 0.3 is 0 Å². The zero-order chi connectivity index (χ0) is 22.0. The highest BCUT2D eigenvalue weighted by Gasteiger charge is 2.41. The maximum Gasteiger partial charge on any atom is 0.265 e. The molecule has 0 N–H and O–H groups in total. The van der Waals surface area contributed by atoms with E-state index < -0.39 is 0 Å². The quantitative estimate of drug-likeness (QED) is 0.681. The third kappa shape index (κ3) is 5.16. The Morgan fingerprint density at radius 3 is 2.65 bits per heavy atom. The van der Waals surface area contributed by atoms with E-state index in [1.54, 1.807) is 18.3 Å². The van der Waals surface area contributed by atoms with Gasteiger partial charge < -0.3 is 9.64 Å². The van der Waals surface area contributed by atoms with E-state index in [0.29, 0.717) is 25.6 Å². The number of benzene rings is 1. The van der Waals surface area contributed by atoms with Crippen LogP contribution in [-0.2, 0) is 17.7 Å². The molecule has 31 heavy (non-hydrogen) atoms. The van der Waals surface area contributed by atoms with Gasteiger partial charge in [-0.1, -0.05) is 26.8 Å². The highest BCUT2D eigenvalue weighted by molar-refractivity contribution is 7.13. The van der Waals surface area contributed by atoms with Crippen molar-refractivity contribution in [1.82, 2.24) is 14.8 Å². The maximum absolute atomic E-state index is 13.9. The van der Waals surface area contributed by atoms with Gasteiger partial charge in [0.1, 0.15) is 10.7 Å². The number of rotatable bonds is 5. The molecular formula is C24H32FN3O2S. The minimum atomic E-state index is -0.271. The zero-order valence-electron chi connectivity index (χ0n) is 18.7. The number of morpholine rings is 1. The van der Waals surface area contributed by atoms with Crippen LogP contribution in [0.1, 0.15) is 65.3 Å². The van der Waals surface area contributed by atoms with Gasteiger partial charge in [-0.05, 0) is 42.5 Å². The molecule has 2 aliphatic heterocycles. The molecule has 3 heterocycles. The predicted octanol–water partition coefficient (Wildman–Crippen LogP) is 4.48. The van der Waals surface area contributed by atoms with Crippen molar-refractivity contribution >= 4 is 17.2 Å². The molecule has 2 aliphatic rings. The van der Waals surface area contributed by atoms with E-state index in [0.717, 1.165) is 59.9 Å². The van der Waals surface area contributed by atoms with E-state index in [4.69, 9.17) is 4.74 Å². The Kier molecular flexibility index (Phi) is 6.74. The average molecular weight is 446 g/mol. The van der Waals surface area contributed by atoms with E-state index in [1.165, 1.54) is 11.3 Å². The molecule has 0 atom stereocenters. The number of likely N-dealkylation sites (tertiary alicyclic amines) is 1. The second kappa shape index (κ2) is 9.35. The van der Waals surface area contributed by atoms with Gasteiger partial charge in [-0.25, -0.2) is 9.37 Å². The molecule has 0 saturated carbocycles. The fourth-order valence-electron chi connectivity index (χ4n) is 4.52. The predicted molar refractivity (Wildman–Crippen MR) is 121 cm³/mol. The van der Waals surface area contributed by atoms with Gasteiger partial charge in [-0.2, -0.15) is 0 Å². The molecule has 168 valence electrons. The molecule has 0 bridgehead atoms. The second-order valence-electron chi connectivity index (χ2n) is 9.07. The molecule has 5 nitrogen and oxygen atoms in total. The lowest BCUT2D eigenvalue weighted by Gasteiger charge is -2.47. The third-order valence-electron chi connectivity index (χ3n) is 6.36. The number of halogens is 1. The number of aryl methyl sites for hydroxylation is 1. The molecule has 2 saturated heterocycles. The summed E-state index contributed by atoms with van der Waals surface area (Å²) in [4.78, 5) is 22.5. The fourth-order valence-corrected chi connectivity index (χ4v) is 5.41. The first-order chi connectivity index (χ1) is 14.9. The summed E-state index contributed by atoms with van der Waals surface area (Å²) < 4.78 is 20.1. The van der Waals surface area contributed by atoms with Crippen LogP contribution < -0.4 is 0 Å².